The number of carbonyl (C=O) groups is 1. The lowest BCUT2D eigenvalue weighted by Gasteiger charge is -2.15. The summed E-state index contributed by atoms with van der Waals surface area (Å²) in [5.41, 5.74) is 8.79. The number of ether oxygens (including phenoxy) is 1. The van der Waals surface area contributed by atoms with E-state index in [-0.39, 0.29) is 5.91 Å². The number of hydrogen-bond acceptors (Lipinski definition) is 4. The fourth-order valence-corrected chi connectivity index (χ4v) is 2.97. The summed E-state index contributed by atoms with van der Waals surface area (Å²) in [6, 6.07) is 13.0. The van der Waals surface area contributed by atoms with Crippen molar-refractivity contribution in [1.29, 1.82) is 0 Å². The zero-order valence-corrected chi connectivity index (χ0v) is 13.9. The lowest BCUT2D eigenvalue weighted by Crippen LogP contribution is -2.19. The normalized spacial score (nSPS) is 14.5. The van der Waals surface area contributed by atoms with Gasteiger partial charge in [-0.15, -0.1) is 0 Å². The fourth-order valence-electron chi connectivity index (χ4n) is 2.97. The standard InChI is InChI=1S/C19H23N3O2/c1-24-16-7-8-17(20)18(12-16)21-19(23)15-6-4-5-14(11-15)13-22-9-2-3-10-22/h4-8,11-12H,2-3,9-10,13,20H2,1H3,(H,21,23). The number of methoxy groups -OCH3 is 1. The van der Waals surface area contributed by atoms with Crippen LogP contribution in [0.25, 0.3) is 0 Å². The first kappa shape index (κ1) is 16.3. The Kier molecular flexibility index (Phi) is 5.01. The van der Waals surface area contributed by atoms with Crippen LogP contribution in [0.15, 0.2) is 42.5 Å². The minimum Gasteiger partial charge on any atom is -0.497 e. The van der Waals surface area contributed by atoms with Gasteiger partial charge in [0, 0.05) is 18.2 Å². The zero-order chi connectivity index (χ0) is 16.9. The summed E-state index contributed by atoms with van der Waals surface area (Å²) < 4.78 is 5.18. The molecule has 1 aliphatic heterocycles. The number of nitrogens with one attached hydrogen (secondary N) is 1. The van der Waals surface area contributed by atoms with Crippen molar-refractivity contribution in [3.05, 3.63) is 53.6 Å². The molecule has 0 aromatic heterocycles. The SMILES string of the molecule is COc1ccc(N)c(NC(=O)c2cccc(CN3CCCC3)c2)c1. The molecule has 1 fully saturated rings. The Bertz CT molecular complexity index is 724. The Morgan fingerprint density at radius 1 is 1.21 bits per heavy atom. The highest BCUT2D eigenvalue weighted by atomic mass is 16.5. The number of amides is 1. The van der Waals surface area contributed by atoms with E-state index in [1.807, 2.05) is 18.2 Å². The van der Waals surface area contributed by atoms with Gasteiger partial charge < -0.3 is 15.8 Å². The first-order valence-electron chi connectivity index (χ1n) is 8.22. The van der Waals surface area contributed by atoms with Crippen LogP contribution in [0.1, 0.15) is 28.8 Å². The molecule has 0 bridgehead atoms. The third-order valence-electron chi connectivity index (χ3n) is 4.30. The van der Waals surface area contributed by atoms with Crippen LogP contribution >= 0.6 is 0 Å². The first-order chi connectivity index (χ1) is 11.7. The second kappa shape index (κ2) is 7.36. The second-order valence-electron chi connectivity index (χ2n) is 6.09. The Hall–Kier alpha value is -2.53. The van der Waals surface area contributed by atoms with E-state index < -0.39 is 0 Å². The van der Waals surface area contributed by atoms with Crippen molar-refractivity contribution in [3.8, 4) is 5.75 Å². The van der Waals surface area contributed by atoms with Gasteiger partial charge in [-0.1, -0.05) is 12.1 Å². The minimum absolute atomic E-state index is 0.168. The Balaban J connectivity index is 1.72. The Morgan fingerprint density at radius 2 is 2.00 bits per heavy atom. The maximum atomic E-state index is 12.5. The number of carbonyl (C=O) groups excluding carboxylic acids is 1. The van der Waals surface area contributed by atoms with Crippen LogP contribution in [-0.2, 0) is 6.54 Å². The van der Waals surface area contributed by atoms with Crippen LogP contribution in [0.5, 0.6) is 5.75 Å². The van der Waals surface area contributed by atoms with Crippen molar-refractivity contribution >= 4 is 17.3 Å². The first-order valence-corrected chi connectivity index (χ1v) is 8.22. The number of anilines is 2. The zero-order valence-electron chi connectivity index (χ0n) is 13.9. The highest BCUT2D eigenvalue weighted by molar-refractivity contribution is 6.05. The van der Waals surface area contributed by atoms with Crippen molar-refractivity contribution in [3.63, 3.8) is 0 Å². The van der Waals surface area contributed by atoms with Gasteiger partial charge in [0.15, 0.2) is 0 Å². The molecule has 0 spiro atoms. The average molecular weight is 325 g/mol. The quantitative estimate of drug-likeness (QED) is 0.829. The number of benzene rings is 2. The topological polar surface area (TPSA) is 67.6 Å². The van der Waals surface area contributed by atoms with Crippen LogP contribution < -0.4 is 15.8 Å². The molecular formula is C19H23N3O2. The van der Waals surface area contributed by atoms with E-state index in [2.05, 4.69) is 16.3 Å². The summed E-state index contributed by atoms with van der Waals surface area (Å²) in [6.45, 7) is 3.16. The molecule has 1 heterocycles. The highest BCUT2D eigenvalue weighted by Gasteiger charge is 2.14. The average Bonchev–Trinajstić information content (AvgIpc) is 3.10. The monoisotopic (exact) mass is 325 g/mol. The molecule has 0 aliphatic carbocycles. The Labute approximate surface area is 142 Å². The smallest absolute Gasteiger partial charge is 0.255 e. The van der Waals surface area contributed by atoms with Crippen molar-refractivity contribution in [2.75, 3.05) is 31.2 Å². The van der Waals surface area contributed by atoms with Crippen LogP contribution in [0, 0.1) is 0 Å². The van der Waals surface area contributed by atoms with Gasteiger partial charge in [-0.3, -0.25) is 9.69 Å². The van der Waals surface area contributed by atoms with Gasteiger partial charge in [0.25, 0.3) is 5.91 Å². The molecule has 5 nitrogen and oxygen atoms in total. The fraction of sp³-hybridized carbons (Fsp3) is 0.316. The van der Waals surface area contributed by atoms with Gasteiger partial charge >= 0.3 is 0 Å². The number of likely N-dealkylation sites (tertiary alicyclic amines) is 1. The van der Waals surface area contributed by atoms with E-state index in [0.29, 0.717) is 22.7 Å². The molecule has 1 aliphatic rings. The molecule has 2 aromatic carbocycles. The molecule has 126 valence electrons. The van der Waals surface area contributed by atoms with Crippen molar-refractivity contribution in [2.24, 2.45) is 0 Å². The maximum absolute atomic E-state index is 12.5. The van der Waals surface area contributed by atoms with E-state index >= 15 is 0 Å². The largest absolute Gasteiger partial charge is 0.497 e. The van der Waals surface area contributed by atoms with E-state index in [9.17, 15) is 4.79 Å². The van der Waals surface area contributed by atoms with E-state index in [1.54, 1.807) is 25.3 Å². The molecule has 0 atom stereocenters. The summed E-state index contributed by atoms with van der Waals surface area (Å²) in [5.74, 6) is 0.487. The molecule has 5 heteroatoms. The maximum Gasteiger partial charge on any atom is 0.255 e. The molecule has 24 heavy (non-hydrogen) atoms. The van der Waals surface area contributed by atoms with Crippen LogP contribution in [0.3, 0.4) is 0 Å². The third-order valence-corrected chi connectivity index (χ3v) is 4.30. The highest BCUT2D eigenvalue weighted by Crippen LogP contribution is 2.25. The predicted octanol–water partition coefficient (Wildman–Crippen LogP) is 3.13. The number of nitrogen functional groups attached to an aromatic ring is 1. The number of hydrogen-bond donors (Lipinski definition) is 2. The van der Waals surface area contributed by atoms with Crippen molar-refractivity contribution < 1.29 is 9.53 Å². The summed E-state index contributed by atoms with van der Waals surface area (Å²) in [6.07, 6.45) is 2.52. The van der Waals surface area contributed by atoms with E-state index in [0.717, 1.165) is 25.2 Å². The Morgan fingerprint density at radius 3 is 2.75 bits per heavy atom. The van der Waals surface area contributed by atoms with Gasteiger partial charge in [0.05, 0.1) is 18.5 Å². The number of rotatable bonds is 5. The predicted molar refractivity (Wildman–Crippen MR) is 96.3 cm³/mol. The van der Waals surface area contributed by atoms with E-state index in [1.165, 1.54) is 12.8 Å². The summed E-state index contributed by atoms with van der Waals surface area (Å²) in [4.78, 5) is 14.9. The summed E-state index contributed by atoms with van der Waals surface area (Å²) >= 11 is 0. The van der Waals surface area contributed by atoms with Gasteiger partial charge in [-0.2, -0.15) is 0 Å². The second-order valence-corrected chi connectivity index (χ2v) is 6.09. The number of nitrogens with two attached hydrogens (primary N) is 1. The molecular weight excluding hydrogens is 302 g/mol. The third kappa shape index (κ3) is 3.86. The van der Waals surface area contributed by atoms with Crippen molar-refractivity contribution in [1.82, 2.24) is 4.90 Å². The molecule has 0 radical (unpaired) electrons. The summed E-state index contributed by atoms with van der Waals surface area (Å²) in [5, 5.41) is 2.86. The van der Waals surface area contributed by atoms with E-state index in [4.69, 9.17) is 10.5 Å². The summed E-state index contributed by atoms with van der Waals surface area (Å²) in [7, 11) is 1.58. The molecule has 3 rings (SSSR count). The van der Waals surface area contributed by atoms with Gasteiger partial charge in [0.2, 0.25) is 0 Å². The minimum atomic E-state index is -0.168. The van der Waals surface area contributed by atoms with Crippen molar-refractivity contribution in [2.45, 2.75) is 19.4 Å². The van der Waals surface area contributed by atoms with Gasteiger partial charge in [-0.25, -0.2) is 0 Å². The van der Waals surface area contributed by atoms with Crippen LogP contribution in [-0.4, -0.2) is 31.0 Å². The lowest BCUT2D eigenvalue weighted by molar-refractivity contribution is 0.102. The molecule has 1 amide bonds. The van der Waals surface area contributed by atoms with Crippen LogP contribution in [0.4, 0.5) is 11.4 Å². The van der Waals surface area contributed by atoms with Crippen LogP contribution in [0.2, 0.25) is 0 Å². The molecule has 2 aromatic rings. The molecule has 3 N–H and O–H groups in total. The number of nitrogens with zero attached hydrogens (tertiary/aromatic N) is 1. The molecule has 0 unspecified atom stereocenters. The lowest BCUT2D eigenvalue weighted by atomic mass is 10.1. The molecule has 0 saturated carbocycles. The van der Waals surface area contributed by atoms with Gasteiger partial charge in [0.1, 0.15) is 5.75 Å². The van der Waals surface area contributed by atoms with Gasteiger partial charge in [-0.05, 0) is 55.8 Å². The molecule has 1 saturated heterocycles.